The highest BCUT2D eigenvalue weighted by molar-refractivity contribution is 7.90. The van der Waals surface area contributed by atoms with Crippen molar-refractivity contribution in [1.29, 1.82) is 0 Å². The van der Waals surface area contributed by atoms with E-state index in [-0.39, 0.29) is 33.6 Å². The summed E-state index contributed by atoms with van der Waals surface area (Å²) in [4.78, 5) is 33.0. The molecule has 3 aromatic rings. The zero-order valence-electron chi connectivity index (χ0n) is 22.5. The predicted molar refractivity (Wildman–Crippen MR) is 157 cm³/mol. The molecule has 2 aliphatic heterocycles. The van der Waals surface area contributed by atoms with Crippen molar-refractivity contribution in [2.24, 2.45) is 9.98 Å². The van der Waals surface area contributed by atoms with Gasteiger partial charge in [0.1, 0.15) is 4.90 Å². The Morgan fingerprint density at radius 1 is 1.20 bits per heavy atom. The van der Waals surface area contributed by atoms with Gasteiger partial charge in [0.2, 0.25) is 16.7 Å². The third-order valence-corrected chi connectivity index (χ3v) is 8.86. The number of anilines is 3. The van der Waals surface area contributed by atoms with Gasteiger partial charge in [0.25, 0.3) is 15.9 Å². The zero-order chi connectivity index (χ0) is 29.3. The largest absolute Gasteiger partial charge is 0.372 e. The zero-order valence-corrected chi connectivity index (χ0v) is 24.3. The maximum absolute atomic E-state index is 13.9. The van der Waals surface area contributed by atoms with E-state index in [0.29, 0.717) is 15.7 Å². The van der Waals surface area contributed by atoms with Crippen molar-refractivity contribution in [1.82, 2.24) is 9.45 Å². The first-order chi connectivity index (χ1) is 19.6. The summed E-state index contributed by atoms with van der Waals surface area (Å²) in [6.45, 7) is 5.61. The third-order valence-electron chi connectivity index (χ3n) is 6.77. The van der Waals surface area contributed by atoms with E-state index in [1.54, 1.807) is 25.1 Å². The van der Waals surface area contributed by atoms with Crippen molar-refractivity contribution in [3.8, 4) is 0 Å². The predicted octanol–water partition coefficient (Wildman–Crippen LogP) is 3.04. The number of aryl methyl sites for hydroxylation is 2. The van der Waals surface area contributed by atoms with Gasteiger partial charge in [-0.1, -0.05) is 6.07 Å². The molecule has 15 heteroatoms. The molecule has 0 saturated heterocycles. The van der Waals surface area contributed by atoms with E-state index >= 15 is 0 Å². The second-order valence-corrected chi connectivity index (χ2v) is 11.8. The van der Waals surface area contributed by atoms with Gasteiger partial charge in [-0.05, 0) is 74.2 Å². The Morgan fingerprint density at radius 2 is 2.00 bits per heavy atom. The first-order valence-corrected chi connectivity index (χ1v) is 15.4. The average molecular weight is 600 g/mol. The summed E-state index contributed by atoms with van der Waals surface area (Å²) >= 11 is 0. The monoisotopic (exact) mass is 599 g/mol. The molecule has 1 amide bonds. The highest BCUT2D eigenvalue weighted by atomic mass is 32.2. The number of hydroxylamine groups is 1. The fourth-order valence-corrected chi connectivity index (χ4v) is 6.49. The summed E-state index contributed by atoms with van der Waals surface area (Å²) in [5.74, 6) is -1.10. The summed E-state index contributed by atoms with van der Waals surface area (Å²) < 4.78 is 51.9. The maximum atomic E-state index is 13.9. The van der Waals surface area contributed by atoms with Crippen LogP contribution < -0.4 is 14.9 Å². The minimum atomic E-state index is -4.23. The topological polar surface area (TPSA) is 166 Å². The Hall–Kier alpha value is -4.21. The van der Waals surface area contributed by atoms with Crippen LogP contribution in [0.25, 0.3) is 0 Å². The van der Waals surface area contributed by atoms with E-state index in [2.05, 4.69) is 36.8 Å². The molecular formula is C26H29N7O6S2. The Kier molecular flexibility index (Phi) is 7.84. The van der Waals surface area contributed by atoms with Gasteiger partial charge in [-0.2, -0.15) is 8.42 Å². The number of carbonyl (C=O) groups is 1. The fraction of sp³-hybridized carbons (Fsp3) is 0.269. The van der Waals surface area contributed by atoms with Gasteiger partial charge in [0.15, 0.2) is 11.5 Å². The highest BCUT2D eigenvalue weighted by Crippen LogP contribution is 2.34. The lowest BCUT2D eigenvalue weighted by Gasteiger charge is -2.30. The smallest absolute Gasteiger partial charge is 0.291 e. The molecule has 0 atom stereocenters. The molecule has 0 bridgehead atoms. The van der Waals surface area contributed by atoms with Crippen LogP contribution in [0.3, 0.4) is 0 Å². The molecular weight excluding hydrogens is 570 g/mol. The third kappa shape index (κ3) is 5.55. The normalized spacial score (nSPS) is 16.2. The van der Waals surface area contributed by atoms with Crippen molar-refractivity contribution < 1.29 is 26.5 Å². The molecule has 0 spiro atoms. The molecule has 3 heterocycles. The van der Waals surface area contributed by atoms with Crippen molar-refractivity contribution >= 4 is 66.9 Å². The molecule has 3 N–H and O–H groups in total. The SMILES string of the molecule is CCN1CCCc2cc(/N=C(\C(=O)Nc3cc(N[SH](=O)=O)ccc3C)C3=Nc4[nH]ccc4S(=O)(=O)N3OC)ccc21. The van der Waals surface area contributed by atoms with Crippen LogP contribution >= 0.6 is 0 Å². The van der Waals surface area contributed by atoms with Crippen LogP contribution in [0.2, 0.25) is 0 Å². The lowest BCUT2D eigenvalue weighted by molar-refractivity contribution is -0.110. The quantitative estimate of drug-likeness (QED) is 0.228. The van der Waals surface area contributed by atoms with E-state index in [4.69, 9.17) is 4.84 Å². The number of amidine groups is 1. The average Bonchev–Trinajstić information content (AvgIpc) is 3.42. The van der Waals surface area contributed by atoms with Crippen molar-refractivity contribution in [3.63, 3.8) is 0 Å². The number of nitrogens with zero attached hydrogens (tertiary/aromatic N) is 4. The number of hydrogen-bond donors (Lipinski definition) is 4. The summed E-state index contributed by atoms with van der Waals surface area (Å²) in [7, 11) is -6.00. The number of sulfonamides is 1. The Bertz CT molecular complexity index is 1750. The molecule has 0 radical (unpaired) electrons. The molecule has 216 valence electrons. The van der Waals surface area contributed by atoms with Crippen LogP contribution in [0.4, 0.5) is 28.6 Å². The number of aromatic nitrogens is 1. The number of hydrogen-bond acceptors (Lipinski definition) is 9. The molecule has 2 aliphatic rings. The molecule has 41 heavy (non-hydrogen) atoms. The minimum Gasteiger partial charge on any atom is -0.372 e. The van der Waals surface area contributed by atoms with Gasteiger partial charge < -0.3 is 15.2 Å². The van der Waals surface area contributed by atoms with E-state index in [0.717, 1.165) is 44.3 Å². The number of rotatable bonds is 8. The molecule has 0 fully saturated rings. The van der Waals surface area contributed by atoms with Gasteiger partial charge in [0.05, 0.1) is 18.5 Å². The first-order valence-electron chi connectivity index (χ1n) is 12.8. The number of thiol groups is 1. The molecule has 13 nitrogen and oxygen atoms in total. The number of aliphatic imine (C=N–C) groups is 2. The van der Waals surface area contributed by atoms with Gasteiger partial charge in [-0.3, -0.25) is 14.4 Å². The van der Waals surface area contributed by atoms with E-state index in [1.165, 1.54) is 18.3 Å². The number of fused-ring (bicyclic) bond motifs is 2. The lowest BCUT2D eigenvalue weighted by Crippen LogP contribution is -2.46. The van der Waals surface area contributed by atoms with Gasteiger partial charge in [0, 0.05) is 30.7 Å². The van der Waals surface area contributed by atoms with Gasteiger partial charge in [-0.25, -0.2) is 18.4 Å². The number of nitrogens with one attached hydrogen (secondary N) is 3. The number of carbonyl (C=O) groups excluding carboxylic acids is 1. The second-order valence-electron chi connectivity index (χ2n) is 9.35. The van der Waals surface area contributed by atoms with Crippen LogP contribution in [0, 0.1) is 6.92 Å². The van der Waals surface area contributed by atoms with Crippen molar-refractivity contribution in [3.05, 3.63) is 59.8 Å². The molecule has 0 saturated carbocycles. The van der Waals surface area contributed by atoms with Gasteiger partial charge >= 0.3 is 0 Å². The Balaban J connectivity index is 1.63. The van der Waals surface area contributed by atoms with E-state index < -0.39 is 26.8 Å². The summed E-state index contributed by atoms with van der Waals surface area (Å²) in [5, 5.41) is 2.73. The lowest BCUT2D eigenvalue weighted by atomic mass is 10.0. The number of aromatic amines is 1. The highest BCUT2D eigenvalue weighted by Gasteiger charge is 2.40. The number of H-pyrrole nitrogens is 1. The van der Waals surface area contributed by atoms with Crippen molar-refractivity contribution in [2.45, 2.75) is 31.6 Å². The summed E-state index contributed by atoms with van der Waals surface area (Å²) in [5.41, 5.74) is 3.41. The molecule has 5 rings (SSSR count). The van der Waals surface area contributed by atoms with Crippen LogP contribution in [0.15, 0.2) is 63.5 Å². The van der Waals surface area contributed by atoms with Crippen LogP contribution in [-0.2, 0) is 37.0 Å². The standard InChI is InChI=1S/C26H29N7O6S2/c1-4-32-13-5-6-17-14-18(9-10-21(17)32)28-23(25-30-24-22(11-12-27-24)41(37,38)33(25)39-3)26(34)29-20-15-19(31-40(35)36)8-7-16(20)2/h7-12,14-15,27,40H,4-6,13H2,1-3H3,(H,29,34)(H,31,35,36)/b28-23-. The summed E-state index contributed by atoms with van der Waals surface area (Å²) in [6, 6.07) is 11.5. The molecule has 0 unspecified atom stereocenters. The van der Waals surface area contributed by atoms with Gasteiger partial charge in [-0.15, -0.1) is 4.47 Å². The number of amides is 1. The minimum absolute atomic E-state index is 0.0273. The molecule has 1 aromatic heterocycles. The Morgan fingerprint density at radius 3 is 2.73 bits per heavy atom. The van der Waals surface area contributed by atoms with E-state index in [9.17, 15) is 21.6 Å². The van der Waals surface area contributed by atoms with Crippen LogP contribution in [-0.4, -0.2) is 63.9 Å². The fourth-order valence-electron chi connectivity index (χ4n) is 4.82. The first kappa shape index (κ1) is 28.3. The van der Waals surface area contributed by atoms with Crippen LogP contribution in [0.5, 0.6) is 0 Å². The molecule has 0 aliphatic carbocycles. The second kappa shape index (κ2) is 11.3. The number of benzene rings is 2. The van der Waals surface area contributed by atoms with Crippen molar-refractivity contribution in [2.75, 3.05) is 35.1 Å². The van der Waals surface area contributed by atoms with E-state index in [1.807, 2.05) is 12.1 Å². The Labute approximate surface area is 239 Å². The molecule has 2 aromatic carbocycles. The maximum Gasteiger partial charge on any atom is 0.291 e. The van der Waals surface area contributed by atoms with Crippen LogP contribution in [0.1, 0.15) is 24.5 Å². The summed E-state index contributed by atoms with van der Waals surface area (Å²) in [6.07, 6.45) is 3.23.